The average Bonchev–Trinajstić information content (AvgIpc) is 3.18. The summed E-state index contributed by atoms with van der Waals surface area (Å²) in [4.78, 5) is -0.197. The Bertz CT molecular complexity index is 881. The Morgan fingerprint density at radius 2 is 2.00 bits per heavy atom. The standard InChI is InChI=1S/C17H21FN4O2S/c1-12-3-2-4-15(18)17(12)25(23,24)21-7-5-14(6-8-21)22-16-11-19-9-13(16)10-20-22/h2-4,10,14,19H,5-9,11H2,1H3. The predicted molar refractivity (Wildman–Crippen MR) is 90.9 cm³/mol. The van der Waals surface area contributed by atoms with Gasteiger partial charge in [0.25, 0.3) is 0 Å². The van der Waals surface area contributed by atoms with Gasteiger partial charge in [0.2, 0.25) is 10.0 Å². The van der Waals surface area contributed by atoms with Gasteiger partial charge in [0, 0.05) is 31.7 Å². The maximum Gasteiger partial charge on any atom is 0.246 e. The largest absolute Gasteiger partial charge is 0.307 e. The number of nitrogens with zero attached hydrogens (tertiary/aromatic N) is 3. The van der Waals surface area contributed by atoms with E-state index in [4.69, 9.17) is 0 Å². The van der Waals surface area contributed by atoms with Crippen LogP contribution < -0.4 is 5.32 Å². The van der Waals surface area contributed by atoms with Gasteiger partial charge in [-0.05, 0) is 31.4 Å². The third-order valence-corrected chi connectivity index (χ3v) is 7.20. The van der Waals surface area contributed by atoms with Crippen LogP contribution in [0.3, 0.4) is 0 Å². The van der Waals surface area contributed by atoms with E-state index in [0.717, 1.165) is 13.1 Å². The molecule has 0 spiro atoms. The quantitative estimate of drug-likeness (QED) is 0.904. The third kappa shape index (κ3) is 2.78. The zero-order valence-corrected chi connectivity index (χ0v) is 14.9. The third-order valence-electron chi connectivity index (χ3n) is 5.12. The molecule has 25 heavy (non-hydrogen) atoms. The molecule has 0 atom stereocenters. The summed E-state index contributed by atoms with van der Waals surface area (Å²) in [5, 5.41) is 7.79. The molecule has 0 radical (unpaired) electrons. The summed E-state index contributed by atoms with van der Waals surface area (Å²) in [6, 6.07) is 4.55. The van der Waals surface area contributed by atoms with Gasteiger partial charge in [0.05, 0.1) is 17.9 Å². The Morgan fingerprint density at radius 1 is 1.24 bits per heavy atom. The van der Waals surface area contributed by atoms with Crippen LogP contribution in [0.15, 0.2) is 29.3 Å². The summed E-state index contributed by atoms with van der Waals surface area (Å²) in [6.45, 7) is 4.03. The maximum atomic E-state index is 14.1. The van der Waals surface area contributed by atoms with E-state index in [1.165, 1.54) is 27.7 Å². The molecular formula is C17H21FN4O2S. The highest BCUT2D eigenvalue weighted by atomic mass is 32.2. The normalized spacial score (nSPS) is 19.3. The number of nitrogens with one attached hydrogen (secondary N) is 1. The molecular weight excluding hydrogens is 343 g/mol. The lowest BCUT2D eigenvalue weighted by molar-refractivity contribution is 0.256. The van der Waals surface area contributed by atoms with E-state index in [0.29, 0.717) is 31.5 Å². The van der Waals surface area contributed by atoms with Crippen molar-refractivity contribution in [3.63, 3.8) is 0 Å². The zero-order valence-electron chi connectivity index (χ0n) is 14.1. The Morgan fingerprint density at radius 3 is 2.72 bits per heavy atom. The molecule has 134 valence electrons. The second-order valence-corrected chi connectivity index (χ2v) is 8.56. The van der Waals surface area contributed by atoms with Crippen molar-refractivity contribution < 1.29 is 12.8 Å². The summed E-state index contributed by atoms with van der Waals surface area (Å²) in [5.74, 6) is -0.682. The number of sulfonamides is 1. The lowest BCUT2D eigenvalue weighted by Gasteiger charge is -2.32. The smallest absolute Gasteiger partial charge is 0.246 e. The molecule has 1 aromatic heterocycles. The fourth-order valence-corrected chi connectivity index (χ4v) is 5.53. The van der Waals surface area contributed by atoms with E-state index in [9.17, 15) is 12.8 Å². The van der Waals surface area contributed by atoms with E-state index in [-0.39, 0.29) is 10.9 Å². The number of benzene rings is 1. The van der Waals surface area contributed by atoms with Crippen LogP contribution in [-0.2, 0) is 23.1 Å². The molecule has 0 amide bonds. The first-order valence-electron chi connectivity index (χ1n) is 8.49. The molecule has 4 rings (SSSR count). The van der Waals surface area contributed by atoms with Gasteiger partial charge in [0.15, 0.2) is 0 Å². The van der Waals surface area contributed by atoms with E-state index in [2.05, 4.69) is 10.4 Å². The van der Waals surface area contributed by atoms with Crippen molar-refractivity contribution in [1.82, 2.24) is 19.4 Å². The number of hydrogen-bond acceptors (Lipinski definition) is 4. The summed E-state index contributed by atoms with van der Waals surface area (Å²) < 4.78 is 43.3. The molecule has 2 aromatic rings. The molecule has 1 aromatic carbocycles. The molecule has 0 saturated carbocycles. The van der Waals surface area contributed by atoms with E-state index < -0.39 is 15.8 Å². The highest BCUT2D eigenvalue weighted by molar-refractivity contribution is 7.89. The van der Waals surface area contributed by atoms with Crippen molar-refractivity contribution >= 4 is 10.0 Å². The minimum Gasteiger partial charge on any atom is -0.307 e. The van der Waals surface area contributed by atoms with Crippen molar-refractivity contribution in [1.29, 1.82) is 0 Å². The second-order valence-electron chi connectivity index (χ2n) is 6.69. The van der Waals surface area contributed by atoms with Crippen LogP contribution in [-0.4, -0.2) is 35.6 Å². The van der Waals surface area contributed by atoms with E-state index in [1.54, 1.807) is 13.0 Å². The van der Waals surface area contributed by atoms with Crippen LogP contribution in [0.4, 0.5) is 4.39 Å². The first-order chi connectivity index (χ1) is 12.0. The predicted octanol–water partition coefficient (Wildman–Crippen LogP) is 1.96. The minimum absolute atomic E-state index is 0.191. The average molecular weight is 364 g/mol. The molecule has 0 aliphatic carbocycles. The fourth-order valence-electron chi connectivity index (χ4n) is 3.80. The molecule has 8 heteroatoms. The summed E-state index contributed by atoms with van der Waals surface area (Å²) in [5.41, 5.74) is 2.86. The SMILES string of the molecule is Cc1cccc(F)c1S(=O)(=O)N1CCC(n2ncc3c2CNC3)CC1. The molecule has 1 saturated heterocycles. The van der Waals surface area contributed by atoms with Crippen molar-refractivity contribution in [2.45, 2.75) is 43.8 Å². The summed E-state index contributed by atoms with van der Waals surface area (Å²) >= 11 is 0. The Hall–Kier alpha value is -1.77. The molecule has 6 nitrogen and oxygen atoms in total. The van der Waals surface area contributed by atoms with Crippen molar-refractivity contribution in [3.8, 4) is 0 Å². The monoisotopic (exact) mass is 364 g/mol. The number of rotatable bonds is 3. The fraction of sp³-hybridized carbons (Fsp3) is 0.471. The first-order valence-corrected chi connectivity index (χ1v) is 9.93. The van der Waals surface area contributed by atoms with Gasteiger partial charge < -0.3 is 5.32 Å². The van der Waals surface area contributed by atoms with Gasteiger partial charge in [0.1, 0.15) is 10.7 Å². The zero-order chi connectivity index (χ0) is 17.6. The van der Waals surface area contributed by atoms with Crippen LogP contribution in [0.5, 0.6) is 0 Å². The topological polar surface area (TPSA) is 67.2 Å². The lowest BCUT2D eigenvalue weighted by Crippen LogP contribution is -2.40. The van der Waals surface area contributed by atoms with Crippen LogP contribution in [0.1, 0.15) is 35.7 Å². The maximum absolute atomic E-state index is 14.1. The molecule has 1 N–H and O–H groups in total. The number of aryl methyl sites for hydroxylation is 1. The van der Waals surface area contributed by atoms with E-state index >= 15 is 0 Å². The van der Waals surface area contributed by atoms with Crippen LogP contribution in [0, 0.1) is 12.7 Å². The van der Waals surface area contributed by atoms with Gasteiger partial charge in [-0.15, -0.1) is 0 Å². The Balaban J connectivity index is 1.53. The molecule has 3 heterocycles. The number of piperidine rings is 1. The van der Waals surface area contributed by atoms with Gasteiger partial charge in [-0.2, -0.15) is 9.40 Å². The molecule has 2 aliphatic rings. The molecule has 0 bridgehead atoms. The number of aromatic nitrogens is 2. The van der Waals surface area contributed by atoms with Crippen LogP contribution in [0.25, 0.3) is 0 Å². The second kappa shape index (κ2) is 6.19. The molecule has 1 fully saturated rings. The van der Waals surface area contributed by atoms with Crippen molar-refractivity contribution in [2.24, 2.45) is 0 Å². The van der Waals surface area contributed by atoms with Crippen molar-refractivity contribution in [2.75, 3.05) is 13.1 Å². The van der Waals surface area contributed by atoms with Gasteiger partial charge in [-0.25, -0.2) is 12.8 Å². The van der Waals surface area contributed by atoms with Gasteiger partial charge in [-0.1, -0.05) is 12.1 Å². The summed E-state index contributed by atoms with van der Waals surface area (Å²) in [6.07, 6.45) is 3.25. The number of fused-ring (bicyclic) bond motifs is 1. The van der Waals surface area contributed by atoms with E-state index in [1.807, 2.05) is 10.9 Å². The minimum atomic E-state index is -3.81. The molecule has 2 aliphatic heterocycles. The highest BCUT2D eigenvalue weighted by Gasteiger charge is 2.34. The Labute approximate surface area is 146 Å². The highest BCUT2D eigenvalue weighted by Crippen LogP contribution is 2.31. The Kier molecular flexibility index (Phi) is 4.13. The number of halogens is 1. The van der Waals surface area contributed by atoms with Crippen LogP contribution >= 0.6 is 0 Å². The van der Waals surface area contributed by atoms with Gasteiger partial charge >= 0.3 is 0 Å². The van der Waals surface area contributed by atoms with Crippen molar-refractivity contribution in [3.05, 3.63) is 47.0 Å². The first kappa shape index (κ1) is 16.7. The van der Waals surface area contributed by atoms with Crippen LogP contribution in [0.2, 0.25) is 0 Å². The van der Waals surface area contributed by atoms with Gasteiger partial charge in [-0.3, -0.25) is 4.68 Å². The number of hydrogen-bond donors (Lipinski definition) is 1. The summed E-state index contributed by atoms with van der Waals surface area (Å²) in [7, 11) is -3.81. The molecule has 0 unspecified atom stereocenters. The lowest BCUT2D eigenvalue weighted by atomic mass is 10.1.